The number of rotatable bonds is 5. The highest BCUT2D eigenvalue weighted by molar-refractivity contribution is 7.99. The van der Waals surface area contributed by atoms with E-state index in [1.165, 1.54) is 24.9 Å². The number of hydrogen-bond acceptors (Lipinski definition) is 5. The number of halogens is 1. The maximum atomic E-state index is 13.6. The summed E-state index contributed by atoms with van der Waals surface area (Å²) in [6.45, 7) is 1.88. The molecule has 0 aliphatic rings. The lowest BCUT2D eigenvalue weighted by molar-refractivity contribution is 0.386. The van der Waals surface area contributed by atoms with Gasteiger partial charge in [-0.2, -0.15) is 0 Å². The molecule has 7 heteroatoms. The van der Waals surface area contributed by atoms with Crippen LogP contribution in [0.15, 0.2) is 23.4 Å². The Morgan fingerprint density at radius 3 is 2.75 bits per heavy atom. The molecule has 1 unspecified atom stereocenters. The maximum absolute atomic E-state index is 13.6. The number of nitrogens with zero attached hydrogens (tertiary/aromatic N) is 3. The second-order valence-corrected chi connectivity index (χ2v) is 5.39. The lowest BCUT2D eigenvalue weighted by atomic mass is 10.1. The fourth-order valence-corrected chi connectivity index (χ4v) is 2.63. The van der Waals surface area contributed by atoms with E-state index < -0.39 is 5.82 Å². The molecule has 20 heavy (non-hydrogen) atoms. The molecule has 108 valence electrons. The molecule has 0 fully saturated rings. The number of thioether (sulfide) groups is 1. The minimum Gasteiger partial charge on any atom is -0.494 e. The average Bonchev–Trinajstić information content (AvgIpc) is 2.76. The number of aromatic nitrogens is 3. The summed E-state index contributed by atoms with van der Waals surface area (Å²) in [5.74, 6) is 1.26. The topological polar surface area (TPSA) is 66.0 Å². The standard InChI is InChI=1S/C13H17FN4OS/c1-8-16-17-13(18(8)2)20-7-11(15)9-4-5-12(19-3)10(14)6-9/h4-6,11H,7,15H2,1-3H3. The summed E-state index contributed by atoms with van der Waals surface area (Å²) in [6.07, 6.45) is 0. The van der Waals surface area contributed by atoms with E-state index in [2.05, 4.69) is 10.2 Å². The van der Waals surface area contributed by atoms with Crippen molar-refractivity contribution in [3.63, 3.8) is 0 Å². The molecule has 1 aromatic carbocycles. The molecule has 1 aromatic heterocycles. The molecule has 0 bridgehead atoms. The van der Waals surface area contributed by atoms with Crippen molar-refractivity contribution in [2.24, 2.45) is 12.8 Å². The van der Waals surface area contributed by atoms with Crippen LogP contribution in [-0.4, -0.2) is 27.6 Å². The van der Waals surface area contributed by atoms with Gasteiger partial charge in [0.25, 0.3) is 0 Å². The summed E-state index contributed by atoms with van der Waals surface area (Å²) in [5, 5.41) is 8.83. The van der Waals surface area contributed by atoms with Gasteiger partial charge in [-0.05, 0) is 24.6 Å². The van der Waals surface area contributed by atoms with Gasteiger partial charge in [-0.15, -0.1) is 10.2 Å². The molecule has 2 rings (SSSR count). The first-order valence-electron chi connectivity index (χ1n) is 6.10. The molecule has 0 aliphatic heterocycles. The van der Waals surface area contributed by atoms with Gasteiger partial charge in [0.1, 0.15) is 5.82 Å². The van der Waals surface area contributed by atoms with E-state index in [0.29, 0.717) is 5.75 Å². The summed E-state index contributed by atoms with van der Waals surface area (Å²) >= 11 is 1.50. The Bertz CT molecular complexity index is 602. The zero-order chi connectivity index (χ0) is 14.7. The quantitative estimate of drug-likeness (QED) is 0.856. The first-order chi connectivity index (χ1) is 9.52. The Morgan fingerprint density at radius 2 is 2.20 bits per heavy atom. The smallest absolute Gasteiger partial charge is 0.191 e. The minimum atomic E-state index is -0.403. The summed E-state index contributed by atoms with van der Waals surface area (Å²) in [4.78, 5) is 0. The van der Waals surface area contributed by atoms with Crippen molar-refractivity contribution in [2.45, 2.75) is 18.1 Å². The molecule has 0 spiro atoms. The van der Waals surface area contributed by atoms with Crippen LogP contribution in [0.5, 0.6) is 5.75 Å². The molecule has 2 N–H and O–H groups in total. The van der Waals surface area contributed by atoms with Gasteiger partial charge in [0, 0.05) is 18.8 Å². The Morgan fingerprint density at radius 1 is 1.45 bits per heavy atom. The second kappa shape index (κ2) is 6.23. The molecule has 1 atom stereocenters. The van der Waals surface area contributed by atoms with E-state index in [9.17, 15) is 4.39 Å². The van der Waals surface area contributed by atoms with Gasteiger partial charge < -0.3 is 15.0 Å². The van der Waals surface area contributed by atoms with Crippen molar-refractivity contribution in [3.05, 3.63) is 35.4 Å². The molecular formula is C13H17FN4OS. The van der Waals surface area contributed by atoms with Crippen LogP contribution in [-0.2, 0) is 7.05 Å². The first-order valence-corrected chi connectivity index (χ1v) is 7.09. The maximum Gasteiger partial charge on any atom is 0.191 e. The van der Waals surface area contributed by atoms with Crippen molar-refractivity contribution in [1.82, 2.24) is 14.8 Å². The van der Waals surface area contributed by atoms with Crippen molar-refractivity contribution >= 4 is 11.8 Å². The summed E-state index contributed by atoms with van der Waals surface area (Å²) < 4.78 is 20.4. The third-order valence-electron chi connectivity index (χ3n) is 3.05. The number of aryl methyl sites for hydroxylation is 1. The Balaban J connectivity index is 2.03. The first kappa shape index (κ1) is 14.8. The van der Waals surface area contributed by atoms with Gasteiger partial charge in [0.2, 0.25) is 0 Å². The Kier molecular flexibility index (Phi) is 4.61. The average molecular weight is 296 g/mol. The fraction of sp³-hybridized carbons (Fsp3) is 0.385. The third kappa shape index (κ3) is 3.10. The molecule has 0 saturated carbocycles. The van der Waals surface area contributed by atoms with Crippen molar-refractivity contribution in [3.8, 4) is 5.75 Å². The van der Waals surface area contributed by atoms with Gasteiger partial charge in [0.05, 0.1) is 7.11 Å². The van der Waals surface area contributed by atoms with Crippen LogP contribution in [0.3, 0.4) is 0 Å². The predicted octanol–water partition coefficient (Wildman–Crippen LogP) is 2.06. The lowest BCUT2D eigenvalue weighted by Crippen LogP contribution is -2.13. The van der Waals surface area contributed by atoms with Gasteiger partial charge in [-0.25, -0.2) is 4.39 Å². The second-order valence-electron chi connectivity index (χ2n) is 4.40. The molecule has 1 heterocycles. The van der Waals surface area contributed by atoms with Gasteiger partial charge >= 0.3 is 0 Å². The van der Waals surface area contributed by atoms with E-state index in [1.54, 1.807) is 12.1 Å². The van der Waals surface area contributed by atoms with E-state index >= 15 is 0 Å². The highest BCUT2D eigenvalue weighted by Crippen LogP contribution is 2.25. The van der Waals surface area contributed by atoms with Gasteiger partial charge in [0.15, 0.2) is 16.7 Å². The monoisotopic (exact) mass is 296 g/mol. The predicted molar refractivity (Wildman–Crippen MR) is 76.3 cm³/mol. The summed E-state index contributed by atoms with van der Waals surface area (Å²) in [6, 6.07) is 4.49. The summed E-state index contributed by atoms with van der Waals surface area (Å²) in [7, 11) is 3.33. The number of benzene rings is 1. The molecule has 0 radical (unpaired) electrons. The van der Waals surface area contributed by atoms with Crippen LogP contribution >= 0.6 is 11.8 Å². The third-order valence-corrected chi connectivity index (χ3v) is 4.19. The zero-order valence-corrected chi connectivity index (χ0v) is 12.4. The molecule has 0 saturated heterocycles. The van der Waals surface area contributed by atoms with Crippen molar-refractivity contribution < 1.29 is 9.13 Å². The van der Waals surface area contributed by atoms with Crippen LogP contribution in [0.1, 0.15) is 17.4 Å². The molecule has 0 aliphatic carbocycles. The van der Waals surface area contributed by atoms with Crippen LogP contribution < -0.4 is 10.5 Å². The molecule has 2 aromatic rings. The number of nitrogens with two attached hydrogens (primary N) is 1. The highest BCUT2D eigenvalue weighted by Gasteiger charge is 2.13. The number of ether oxygens (including phenoxy) is 1. The van der Waals surface area contributed by atoms with Crippen LogP contribution in [0, 0.1) is 12.7 Å². The lowest BCUT2D eigenvalue weighted by Gasteiger charge is -2.12. The Labute approximate surface area is 121 Å². The highest BCUT2D eigenvalue weighted by atomic mass is 32.2. The fourth-order valence-electron chi connectivity index (χ4n) is 1.69. The van der Waals surface area contributed by atoms with Gasteiger partial charge in [-0.3, -0.25) is 0 Å². The van der Waals surface area contributed by atoms with E-state index in [0.717, 1.165) is 16.5 Å². The summed E-state index contributed by atoms with van der Waals surface area (Å²) in [5.41, 5.74) is 6.81. The number of methoxy groups -OCH3 is 1. The van der Waals surface area contributed by atoms with Crippen LogP contribution in [0.2, 0.25) is 0 Å². The normalized spacial score (nSPS) is 12.4. The number of hydrogen-bond donors (Lipinski definition) is 1. The SMILES string of the molecule is COc1ccc(C(N)CSc2nnc(C)n2C)cc1F. The largest absolute Gasteiger partial charge is 0.494 e. The van der Waals surface area contributed by atoms with Crippen molar-refractivity contribution in [1.29, 1.82) is 0 Å². The van der Waals surface area contributed by atoms with Crippen LogP contribution in [0.25, 0.3) is 0 Å². The molecular weight excluding hydrogens is 279 g/mol. The van der Waals surface area contributed by atoms with E-state index in [1.807, 2.05) is 18.5 Å². The van der Waals surface area contributed by atoms with E-state index in [-0.39, 0.29) is 11.8 Å². The van der Waals surface area contributed by atoms with Crippen LogP contribution in [0.4, 0.5) is 4.39 Å². The minimum absolute atomic E-state index is 0.220. The zero-order valence-electron chi connectivity index (χ0n) is 11.6. The van der Waals surface area contributed by atoms with Crippen molar-refractivity contribution in [2.75, 3.05) is 12.9 Å². The Hall–Kier alpha value is -1.60. The van der Waals surface area contributed by atoms with Gasteiger partial charge in [-0.1, -0.05) is 17.8 Å². The van der Waals surface area contributed by atoms with E-state index in [4.69, 9.17) is 10.5 Å². The molecule has 0 amide bonds. The molecule has 5 nitrogen and oxygen atoms in total.